The van der Waals surface area contributed by atoms with E-state index in [4.69, 9.17) is 12.2 Å². The molecule has 0 saturated heterocycles. The standard InChI is InChI=1S/C17H17F3N2OS/c18-17(19,20)14-7-4-8-15(11-14)21-16(24)22(9-10-23)12-13-5-2-1-3-6-13/h1-8,11,23H,9-10,12H2,(H,21,24). The third kappa shape index (κ3) is 5.21. The molecule has 0 amide bonds. The van der Waals surface area contributed by atoms with Gasteiger partial charge in [-0.25, -0.2) is 0 Å². The molecule has 24 heavy (non-hydrogen) atoms. The Bertz CT molecular complexity index is 677. The molecule has 0 atom stereocenters. The molecule has 0 bridgehead atoms. The van der Waals surface area contributed by atoms with Crippen molar-refractivity contribution in [3.63, 3.8) is 0 Å². The van der Waals surface area contributed by atoms with Crippen LogP contribution in [0, 0.1) is 0 Å². The molecule has 0 saturated carbocycles. The molecule has 0 aliphatic heterocycles. The van der Waals surface area contributed by atoms with Crippen molar-refractivity contribution < 1.29 is 18.3 Å². The fourth-order valence-corrected chi connectivity index (χ4v) is 2.43. The molecule has 128 valence electrons. The quantitative estimate of drug-likeness (QED) is 0.799. The van der Waals surface area contributed by atoms with E-state index in [2.05, 4.69) is 5.32 Å². The fraction of sp³-hybridized carbons (Fsp3) is 0.235. The van der Waals surface area contributed by atoms with E-state index in [1.54, 1.807) is 4.90 Å². The van der Waals surface area contributed by atoms with Crippen LogP contribution < -0.4 is 5.32 Å². The number of hydrogen-bond acceptors (Lipinski definition) is 2. The first kappa shape index (κ1) is 18.2. The van der Waals surface area contributed by atoms with Gasteiger partial charge in [0.2, 0.25) is 0 Å². The van der Waals surface area contributed by atoms with Gasteiger partial charge < -0.3 is 15.3 Å². The third-order valence-electron chi connectivity index (χ3n) is 3.31. The summed E-state index contributed by atoms with van der Waals surface area (Å²) in [6.45, 7) is 0.614. The van der Waals surface area contributed by atoms with Crippen LogP contribution in [0.3, 0.4) is 0 Å². The van der Waals surface area contributed by atoms with Crippen LogP contribution in [-0.2, 0) is 12.7 Å². The first-order valence-corrected chi connectivity index (χ1v) is 7.69. The van der Waals surface area contributed by atoms with E-state index in [9.17, 15) is 18.3 Å². The monoisotopic (exact) mass is 354 g/mol. The summed E-state index contributed by atoms with van der Waals surface area (Å²) in [4.78, 5) is 1.70. The number of benzene rings is 2. The number of anilines is 1. The van der Waals surface area contributed by atoms with Crippen molar-refractivity contribution in [3.05, 3.63) is 65.7 Å². The zero-order chi connectivity index (χ0) is 17.6. The SMILES string of the molecule is OCCN(Cc1ccccc1)C(=S)Nc1cccc(C(F)(F)F)c1. The fourth-order valence-electron chi connectivity index (χ4n) is 2.15. The smallest absolute Gasteiger partial charge is 0.395 e. The summed E-state index contributed by atoms with van der Waals surface area (Å²) in [5.41, 5.74) is 0.497. The number of aliphatic hydroxyl groups is 1. The van der Waals surface area contributed by atoms with Crippen molar-refractivity contribution in [2.75, 3.05) is 18.5 Å². The van der Waals surface area contributed by atoms with E-state index in [1.165, 1.54) is 12.1 Å². The topological polar surface area (TPSA) is 35.5 Å². The van der Waals surface area contributed by atoms with Gasteiger partial charge in [-0.3, -0.25) is 0 Å². The van der Waals surface area contributed by atoms with Gasteiger partial charge >= 0.3 is 6.18 Å². The first-order valence-electron chi connectivity index (χ1n) is 7.28. The van der Waals surface area contributed by atoms with E-state index in [-0.39, 0.29) is 24.0 Å². The maximum absolute atomic E-state index is 12.8. The highest BCUT2D eigenvalue weighted by Crippen LogP contribution is 2.30. The van der Waals surface area contributed by atoms with E-state index in [0.717, 1.165) is 17.7 Å². The Kier molecular flexibility index (Phi) is 6.16. The highest BCUT2D eigenvalue weighted by molar-refractivity contribution is 7.80. The third-order valence-corrected chi connectivity index (χ3v) is 3.67. The molecule has 0 unspecified atom stereocenters. The zero-order valence-electron chi connectivity index (χ0n) is 12.8. The van der Waals surface area contributed by atoms with Crippen LogP contribution in [0.1, 0.15) is 11.1 Å². The Morgan fingerprint density at radius 1 is 1.08 bits per heavy atom. The minimum Gasteiger partial charge on any atom is -0.395 e. The van der Waals surface area contributed by atoms with E-state index in [0.29, 0.717) is 6.54 Å². The molecule has 0 aliphatic carbocycles. The first-order chi connectivity index (χ1) is 11.4. The van der Waals surface area contributed by atoms with Gasteiger partial charge in [-0.15, -0.1) is 0 Å². The molecule has 0 radical (unpaired) electrons. The van der Waals surface area contributed by atoms with Crippen LogP contribution in [0.5, 0.6) is 0 Å². The summed E-state index contributed by atoms with van der Waals surface area (Å²) < 4.78 is 38.3. The highest BCUT2D eigenvalue weighted by Gasteiger charge is 2.30. The van der Waals surface area contributed by atoms with Crippen molar-refractivity contribution >= 4 is 23.0 Å². The Labute approximate surface area is 143 Å². The van der Waals surface area contributed by atoms with Crippen LogP contribution in [0.15, 0.2) is 54.6 Å². The Morgan fingerprint density at radius 2 is 1.79 bits per heavy atom. The van der Waals surface area contributed by atoms with Crippen molar-refractivity contribution in [1.82, 2.24) is 4.90 Å². The van der Waals surface area contributed by atoms with Gasteiger partial charge in [-0.05, 0) is 36.0 Å². The second-order valence-corrected chi connectivity index (χ2v) is 5.53. The van der Waals surface area contributed by atoms with Crippen molar-refractivity contribution in [3.8, 4) is 0 Å². The Balaban J connectivity index is 2.10. The minimum atomic E-state index is -4.41. The van der Waals surface area contributed by atoms with Crippen LogP contribution in [0.4, 0.5) is 18.9 Å². The van der Waals surface area contributed by atoms with E-state index >= 15 is 0 Å². The molecular formula is C17H17F3N2OS. The summed E-state index contributed by atoms with van der Waals surface area (Å²) in [6, 6.07) is 14.3. The van der Waals surface area contributed by atoms with Gasteiger partial charge in [0.25, 0.3) is 0 Å². The number of rotatable bonds is 5. The largest absolute Gasteiger partial charge is 0.416 e. The molecule has 2 N–H and O–H groups in total. The van der Waals surface area contributed by atoms with E-state index < -0.39 is 11.7 Å². The molecule has 2 rings (SSSR count). The number of hydrogen-bond donors (Lipinski definition) is 2. The number of nitrogens with zero attached hydrogens (tertiary/aromatic N) is 1. The van der Waals surface area contributed by atoms with Crippen LogP contribution in [-0.4, -0.2) is 28.3 Å². The molecule has 0 heterocycles. The summed E-state index contributed by atoms with van der Waals surface area (Å²) in [6.07, 6.45) is -4.41. The summed E-state index contributed by atoms with van der Waals surface area (Å²) in [5, 5.41) is 12.3. The lowest BCUT2D eigenvalue weighted by atomic mass is 10.2. The molecule has 0 fully saturated rings. The van der Waals surface area contributed by atoms with Crippen LogP contribution in [0.2, 0.25) is 0 Å². The van der Waals surface area contributed by atoms with Gasteiger partial charge in [0.1, 0.15) is 0 Å². The molecule has 0 aromatic heterocycles. The summed E-state index contributed by atoms with van der Waals surface area (Å²) in [5.74, 6) is 0. The normalized spacial score (nSPS) is 11.2. The molecular weight excluding hydrogens is 337 g/mol. The number of halogens is 3. The lowest BCUT2D eigenvalue weighted by Gasteiger charge is -2.25. The number of alkyl halides is 3. The van der Waals surface area contributed by atoms with E-state index in [1.807, 2.05) is 30.3 Å². The van der Waals surface area contributed by atoms with Gasteiger partial charge in [-0.1, -0.05) is 36.4 Å². The molecule has 2 aromatic rings. The van der Waals surface area contributed by atoms with Crippen molar-refractivity contribution in [2.45, 2.75) is 12.7 Å². The molecule has 2 aromatic carbocycles. The minimum absolute atomic E-state index is 0.114. The Morgan fingerprint density at radius 3 is 2.42 bits per heavy atom. The molecule has 0 aliphatic rings. The maximum atomic E-state index is 12.8. The number of nitrogens with one attached hydrogen (secondary N) is 1. The predicted molar refractivity (Wildman–Crippen MR) is 91.6 cm³/mol. The molecule has 0 spiro atoms. The molecule has 7 heteroatoms. The molecule has 3 nitrogen and oxygen atoms in total. The average Bonchev–Trinajstić information content (AvgIpc) is 2.55. The Hall–Kier alpha value is -2.12. The number of thiocarbonyl (C=S) groups is 1. The van der Waals surface area contributed by atoms with Gasteiger partial charge in [-0.2, -0.15) is 13.2 Å². The van der Waals surface area contributed by atoms with Crippen molar-refractivity contribution in [2.24, 2.45) is 0 Å². The van der Waals surface area contributed by atoms with Crippen LogP contribution in [0.25, 0.3) is 0 Å². The lowest BCUT2D eigenvalue weighted by molar-refractivity contribution is -0.137. The summed E-state index contributed by atoms with van der Waals surface area (Å²) in [7, 11) is 0. The lowest BCUT2D eigenvalue weighted by Crippen LogP contribution is -2.36. The zero-order valence-corrected chi connectivity index (χ0v) is 13.6. The van der Waals surface area contributed by atoms with Crippen molar-refractivity contribution in [1.29, 1.82) is 0 Å². The average molecular weight is 354 g/mol. The second kappa shape index (κ2) is 8.12. The predicted octanol–water partition coefficient (Wildman–Crippen LogP) is 3.90. The maximum Gasteiger partial charge on any atom is 0.416 e. The van der Waals surface area contributed by atoms with Crippen LogP contribution >= 0.6 is 12.2 Å². The second-order valence-electron chi connectivity index (χ2n) is 5.14. The number of aliphatic hydroxyl groups excluding tert-OH is 1. The van der Waals surface area contributed by atoms with Gasteiger partial charge in [0.15, 0.2) is 5.11 Å². The van der Waals surface area contributed by atoms with Gasteiger partial charge in [0, 0.05) is 18.8 Å². The highest BCUT2D eigenvalue weighted by atomic mass is 32.1. The summed E-state index contributed by atoms with van der Waals surface area (Å²) >= 11 is 5.28. The van der Waals surface area contributed by atoms with Gasteiger partial charge in [0.05, 0.1) is 12.2 Å².